The molecule has 0 heterocycles. The maximum atomic E-state index is 14.1. The lowest BCUT2D eigenvalue weighted by molar-refractivity contribution is -0.156. The Morgan fingerprint density at radius 1 is 0.841 bits per heavy atom. The Bertz CT molecular complexity index is 1980. The van der Waals surface area contributed by atoms with Crippen LogP contribution in [0.5, 0.6) is 5.75 Å². The van der Waals surface area contributed by atoms with E-state index in [1.807, 2.05) is 57.2 Å². The van der Waals surface area contributed by atoms with Crippen LogP contribution in [0.2, 0.25) is 5.02 Å². The summed E-state index contributed by atoms with van der Waals surface area (Å²) in [6.07, 6.45) is 5.58. The van der Waals surface area contributed by atoms with Gasteiger partial charge < -0.3 is 34.9 Å². The zero-order valence-corrected chi connectivity index (χ0v) is 39.8. The number of rotatable bonds is 21. The third kappa shape index (κ3) is 19.6. The third-order valence-electron chi connectivity index (χ3n) is 9.76. The van der Waals surface area contributed by atoms with Crippen LogP contribution < -0.4 is 20.7 Å². The van der Waals surface area contributed by atoms with E-state index in [1.54, 1.807) is 86.6 Å². The first kappa shape index (κ1) is 53.6. The highest BCUT2D eigenvalue weighted by Gasteiger charge is 2.39. The van der Waals surface area contributed by atoms with Gasteiger partial charge in [-0.2, -0.15) is 0 Å². The van der Waals surface area contributed by atoms with E-state index in [9.17, 15) is 24.0 Å². The molecule has 3 amide bonds. The normalized spacial score (nSPS) is 14.5. The SMILES string of the molecule is COc1ccc(C[C@H](NC(=O)OC(C)(C)C)C(=O)N[C@@H](C)C(C)(C)C(=O)N[C@@H](CC(C)C)C(=O)O[C@@H](C/C=C/C(=O)OC(C)(C)C)[C@@H](C)/C=C/c2ccc(CN=[N+]=[N-])cc2)cc1Cl. The summed E-state index contributed by atoms with van der Waals surface area (Å²) in [5.74, 6) is -2.23. The fraction of sp³-hybridized carbons (Fsp3) is 0.553. The van der Waals surface area contributed by atoms with Crippen molar-refractivity contribution in [3.05, 3.63) is 92.8 Å². The van der Waals surface area contributed by atoms with Gasteiger partial charge >= 0.3 is 18.0 Å². The lowest BCUT2D eigenvalue weighted by Crippen LogP contribution is -2.58. The van der Waals surface area contributed by atoms with Crippen molar-refractivity contribution < 1.29 is 42.9 Å². The highest BCUT2D eigenvalue weighted by molar-refractivity contribution is 6.32. The number of methoxy groups -OCH3 is 1. The Morgan fingerprint density at radius 2 is 1.46 bits per heavy atom. The van der Waals surface area contributed by atoms with E-state index >= 15 is 0 Å². The molecule has 0 saturated carbocycles. The smallest absolute Gasteiger partial charge is 0.408 e. The van der Waals surface area contributed by atoms with Gasteiger partial charge in [0, 0.05) is 35.8 Å². The standard InChI is InChI=1S/C47H67ClN6O9/c1-29(2)25-37(42(57)61-38(15-14-16-40(55)62-45(5,6)7)30(3)17-18-32-19-21-33(22-20-32)28-50-54-49)52-43(58)47(11,12)31(4)51-41(56)36(53-44(59)63-46(8,9)10)27-34-23-24-39(60-13)35(48)26-34/h14,16-24,26,29-31,36-38H,15,25,27-28H2,1-13H3,(H,51,56)(H,52,58)(H,53,59)/b16-14+,18-17+/t30-,31-,36-,37-,38-/m0/s1. The summed E-state index contributed by atoms with van der Waals surface area (Å²) in [4.78, 5) is 70.2. The first-order valence-electron chi connectivity index (χ1n) is 21.1. The summed E-state index contributed by atoms with van der Waals surface area (Å²) in [5, 5.41) is 12.3. The van der Waals surface area contributed by atoms with Crippen LogP contribution in [0.3, 0.4) is 0 Å². The molecule has 346 valence electrons. The van der Waals surface area contributed by atoms with Gasteiger partial charge in [0.05, 0.1) is 24.1 Å². The molecule has 0 fully saturated rings. The number of halogens is 1. The number of amides is 3. The van der Waals surface area contributed by atoms with Gasteiger partial charge in [-0.25, -0.2) is 14.4 Å². The Balaban J connectivity index is 2.34. The molecule has 63 heavy (non-hydrogen) atoms. The zero-order chi connectivity index (χ0) is 47.7. The van der Waals surface area contributed by atoms with E-state index in [2.05, 4.69) is 26.0 Å². The predicted molar refractivity (Wildman–Crippen MR) is 245 cm³/mol. The van der Waals surface area contributed by atoms with Gasteiger partial charge in [-0.3, -0.25) is 9.59 Å². The number of benzene rings is 2. The average Bonchev–Trinajstić information content (AvgIpc) is 3.16. The molecule has 2 aromatic rings. The largest absolute Gasteiger partial charge is 0.495 e. The molecule has 16 heteroatoms. The van der Waals surface area contributed by atoms with Crippen LogP contribution in [-0.2, 0) is 46.4 Å². The minimum absolute atomic E-state index is 0.0288. The molecular weight excluding hydrogens is 828 g/mol. The van der Waals surface area contributed by atoms with E-state index in [-0.39, 0.29) is 37.6 Å². The topological polar surface area (TPSA) is 207 Å². The molecule has 0 bridgehead atoms. The Kier molecular flexibility index (Phi) is 20.7. The summed E-state index contributed by atoms with van der Waals surface area (Å²) in [7, 11) is 1.49. The van der Waals surface area contributed by atoms with Crippen LogP contribution in [0.15, 0.2) is 65.8 Å². The molecule has 0 aliphatic rings. The van der Waals surface area contributed by atoms with E-state index in [1.165, 1.54) is 13.2 Å². The third-order valence-corrected chi connectivity index (χ3v) is 10.1. The van der Waals surface area contributed by atoms with Gasteiger partial charge in [-0.05, 0) is 109 Å². The van der Waals surface area contributed by atoms with Gasteiger partial charge in [-0.1, -0.05) is 86.0 Å². The maximum Gasteiger partial charge on any atom is 0.408 e. The van der Waals surface area contributed by atoms with E-state index in [0.29, 0.717) is 16.3 Å². The van der Waals surface area contributed by atoms with Crippen LogP contribution in [-0.4, -0.2) is 72.4 Å². The predicted octanol–water partition coefficient (Wildman–Crippen LogP) is 9.21. The minimum Gasteiger partial charge on any atom is -0.495 e. The van der Waals surface area contributed by atoms with Crippen LogP contribution >= 0.6 is 11.6 Å². The van der Waals surface area contributed by atoms with Crippen molar-refractivity contribution in [1.29, 1.82) is 0 Å². The monoisotopic (exact) mass is 894 g/mol. The van der Waals surface area contributed by atoms with Crippen LogP contribution in [0, 0.1) is 17.3 Å². The highest BCUT2D eigenvalue weighted by atomic mass is 35.5. The second-order valence-corrected chi connectivity index (χ2v) is 18.9. The molecule has 15 nitrogen and oxygen atoms in total. The first-order valence-corrected chi connectivity index (χ1v) is 21.4. The molecule has 0 aromatic heterocycles. The number of carbonyl (C=O) groups is 5. The van der Waals surface area contributed by atoms with Crippen molar-refractivity contribution >= 4 is 47.5 Å². The number of nitrogens with zero attached hydrogens (tertiary/aromatic N) is 3. The molecule has 5 atom stereocenters. The molecule has 2 aromatic carbocycles. The molecule has 0 spiro atoms. The zero-order valence-electron chi connectivity index (χ0n) is 39.0. The molecule has 0 saturated heterocycles. The lowest BCUT2D eigenvalue weighted by Gasteiger charge is -2.34. The van der Waals surface area contributed by atoms with Crippen LogP contribution in [0.25, 0.3) is 16.5 Å². The summed E-state index contributed by atoms with van der Waals surface area (Å²) in [5.41, 5.74) is 8.20. The number of ether oxygens (including phenoxy) is 4. The Morgan fingerprint density at radius 3 is 2.02 bits per heavy atom. The highest BCUT2D eigenvalue weighted by Crippen LogP contribution is 2.27. The number of azide groups is 1. The Labute approximate surface area is 377 Å². The maximum absolute atomic E-state index is 14.1. The molecule has 0 aliphatic carbocycles. The van der Waals surface area contributed by atoms with E-state index in [4.69, 9.17) is 36.1 Å². The summed E-state index contributed by atoms with van der Waals surface area (Å²) >= 11 is 6.36. The Hall–Kier alpha value is -5.53. The lowest BCUT2D eigenvalue weighted by atomic mass is 9.83. The number of hydrogen-bond acceptors (Lipinski definition) is 10. The van der Waals surface area contributed by atoms with Crippen molar-refractivity contribution in [3.63, 3.8) is 0 Å². The number of alkyl carbamates (subject to hydrolysis) is 1. The molecule has 3 N–H and O–H groups in total. The van der Waals surface area contributed by atoms with Gasteiger partial charge in [0.1, 0.15) is 35.1 Å². The second-order valence-electron chi connectivity index (χ2n) is 18.5. The van der Waals surface area contributed by atoms with Crippen molar-refractivity contribution in [2.75, 3.05) is 7.11 Å². The summed E-state index contributed by atoms with van der Waals surface area (Å²) in [6, 6.07) is 9.51. The average molecular weight is 896 g/mol. The van der Waals surface area contributed by atoms with Gasteiger partial charge in [0.15, 0.2) is 0 Å². The van der Waals surface area contributed by atoms with E-state index < -0.39 is 70.7 Å². The second kappa shape index (κ2) is 24.4. The number of carbonyl (C=O) groups excluding carboxylic acids is 5. The minimum atomic E-state index is -1.27. The molecule has 2 rings (SSSR count). The van der Waals surface area contributed by atoms with Crippen molar-refractivity contribution in [3.8, 4) is 5.75 Å². The first-order chi connectivity index (χ1) is 29.2. The molecule has 0 aliphatic heterocycles. The molecular formula is C47H67ClN6O9. The number of esters is 2. The fourth-order valence-electron chi connectivity index (χ4n) is 5.92. The van der Waals surface area contributed by atoms with Crippen LogP contribution in [0.4, 0.5) is 4.79 Å². The van der Waals surface area contributed by atoms with Crippen molar-refractivity contribution in [2.24, 2.45) is 22.4 Å². The van der Waals surface area contributed by atoms with Gasteiger partial charge in [0.2, 0.25) is 11.8 Å². The van der Waals surface area contributed by atoms with Crippen molar-refractivity contribution in [1.82, 2.24) is 16.0 Å². The summed E-state index contributed by atoms with van der Waals surface area (Å²) in [6.45, 7) is 21.3. The molecule has 0 unspecified atom stereocenters. The summed E-state index contributed by atoms with van der Waals surface area (Å²) < 4.78 is 22.2. The van der Waals surface area contributed by atoms with Gasteiger partial charge in [-0.15, -0.1) is 0 Å². The quantitative estimate of drug-likeness (QED) is 0.0272. The fourth-order valence-corrected chi connectivity index (χ4v) is 6.20. The molecule has 0 radical (unpaired) electrons. The van der Waals surface area contributed by atoms with Gasteiger partial charge in [0.25, 0.3) is 0 Å². The number of nitrogens with one attached hydrogen (secondary N) is 3. The number of hydrogen-bond donors (Lipinski definition) is 3. The van der Waals surface area contributed by atoms with Crippen LogP contribution in [0.1, 0.15) is 113 Å². The van der Waals surface area contributed by atoms with Crippen molar-refractivity contribution in [2.45, 2.75) is 144 Å². The van der Waals surface area contributed by atoms with E-state index in [0.717, 1.165) is 11.1 Å².